The van der Waals surface area contributed by atoms with E-state index in [9.17, 15) is 4.79 Å². The fraction of sp³-hybridized carbons (Fsp3) is 0.400. The van der Waals surface area contributed by atoms with Gasteiger partial charge in [-0.25, -0.2) is 9.78 Å². The number of methoxy groups -OCH3 is 1. The third-order valence-corrected chi connectivity index (χ3v) is 3.53. The van der Waals surface area contributed by atoms with Crippen LogP contribution in [-0.2, 0) is 18.2 Å². The number of hydrogen-bond acceptors (Lipinski definition) is 5. The van der Waals surface area contributed by atoms with Gasteiger partial charge < -0.3 is 10.1 Å². The minimum absolute atomic E-state index is 0.363. The summed E-state index contributed by atoms with van der Waals surface area (Å²) >= 11 is 0. The van der Waals surface area contributed by atoms with Gasteiger partial charge in [0.2, 0.25) is 0 Å². The van der Waals surface area contributed by atoms with Crippen LogP contribution in [0.15, 0.2) is 18.3 Å². The molecule has 2 aromatic heterocycles. The Bertz CT molecular complexity index is 649. The Kier molecular flexibility index (Phi) is 4.57. The number of carbonyl (C=O) groups is 1. The zero-order chi connectivity index (χ0) is 15.4. The lowest BCUT2D eigenvalue weighted by Crippen LogP contribution is -2.10. The van der Waals surface area contributed by atoms with Gasteiger partial charge in [0.25, 0.3) is 0 Å². The second-order valence-corrected chi connectivity index (χ2v) is 4.88. The molecule has 0 aromatic carbocycles. The first-order valence-electron chi connectivity index (χ1n) is 6.80. The second kappa shape index (κ2) is 6.39. The maximum atomic E-state index is 11.5. The van der Waals surface area contributed by atoms with E-state index in [-0.39, 0.29) is 5.97 Å². The quantitative estimate of drug-likeness (QED) is 0.851. The highest BCUT2D eigenvalue weighted by molar-refractivity contribution is 5.90. The first-order chi connectivity index (χ1) is 10.0. The molecule has 0 amide bonds. The van der Waals surface area contributed by atoms with Gasteiger partial charge >= 0.3 is 5.97 Å². The molecule has 0 aliphatic carbocycles. The van der Waals surface area contributed by atoms with Gasteiger partial charge in [-0.15, -0.1) is 0 Å². The van der Waals surface area contributed by atoms with Crippen LogP contribution in [-0.4, -0.2) is 34.4 Å². The lowest BCUT2D eigenvalue weighted by Gasteiger charge is -2.08. The summed E-state index contributed by atoms with van der Waals surface area (Å²) in [6.07, 6.45) is 2.76. The molecular formula is C15H20N4O2. The van der Waals surface area contributed by atoms with E-state index >= 15 is 0 Å². The number of esters is 1. The molecule has 1 N–H and O–H groups in total. The summed E-state index contributed by atoms with van der Waals surface area (Å²) in [7, 11) is 3.30. The third-order valence-electron chi connectivity index (χ3n) is 3.53. The second-order valence-electron chi connectivity index (χ2n) is 4.88. The van der Waals surface area contributed by atoms with Gasteiger partial charge in [0.05, 0.1) is 24.6 Å². The van der Waals surface area contributed by atoms with Crippen molar-refractivity contribution in [1.29, 1.82) is 0 Å². The average molecular weight is 288 g/mol. The molecule has 0 fully saturated rings. The zero-order valence-corrected chi connectivity index (χ0v) is 12.8. The Labute approximate surface area is 124 Å². The predicted octanol–water partition coefficient (Wildman–Crippen LogP) is 1.87. The summed E-state index contributed by atoms with van der Waals surface area (Å²) in [6, 6.07) is 3.52. The Balaban J connectivity index is 1.96. The molecule has 0 aliphatic rings. The Morgan fingerprint density at radius 1 is 1.38 bits per heavy atom. The van der Waals surface area contributed by atoms with Crippen LogP contribution in [0.2, 0.25) is 0 Å². The number of nitrogens with zero attached hydrogens (tertiary/aromatic N) is 3. The molecule has 0 atom stereocenters. The van der Waals surface area contributed by atoms with E-state index in [1.165, 1.54) is 18.4 Å². The maximum absolute atomic E-state index is 11.5. The highest BCUT2D eigenvalue weighted by Crippen LogP contribution is 2.12. The first kappa shape index (κ1) is 15.0. The van der Waals surface area contributed by atoms with E-state index in [1.807, 2.05) is 17.9 Å². The molecule has 0 bridgehead atoms. The van der Waals surface area contributed by atoms with Crippen LogP contribution in [0.3, 0.4) is 0 Å². The summed E-state index contributed by atoms with van der Waals surface area (Å²) in [5.74, 6) is 0.388. The minimum atomic E-state index is -0.363. The lowest BCUT2D eigenvalue weighted by atomic mass is 10.2. The van der Waals surface area contributed by atoms with Gasteiger partial charge in [0.15, 0.2) is 0 Å². The van der Waals surface area contributed by atoms with Gasteiger partial charge in [0, 0.05) is 19.3 Å². The minimum Gasteiger partial charge on any atom is -0.465 e. The van der Waals surface area contributed by atoms with Crippen LogP contribution in [0, 0.1) is 13.8 Å². The molecule has 112 valence electrons. The molecule has 2 rings (SSSR count). The molecule has 0 aliphatic heterocycles. The number of ether oxygens (including phenoxy) is 1. The van der Waals surface area contributed by atoms with Crippen LogP contribution < -0.4 is 5.32 Å². The number of aromatic nitrogens is 3. The maximum Gasteiger partial charge on any atom is 0.339 e. The third kappa shape index (κ3) is 3.39. The van der Waals surface area contributed by atoms with Crippen molar-refractivity contribution in [3.8, 4) is 0 Å². The highest BCUT2D eigenvalue weighted by Gasteiger charge is 2.10. The summed E-state index contributed by atoms with van der Waals surface area (Å²) < 4.78 is 6.57. The fourth-order valence-electron chi connectivity index (χ4n) is 2.10. The van der Waals surface area contributed by atoms with Crippen molar-refractivity contribution in [2.45, 2.75) is 20.3 Å². The van der Waals surface area contributed by atoms with E-state index in [4.69, 9.17) is 4.74 Å². The summed E-state index contributed by atoms with van der Waals surface area (Å²) in [5, 5.41) is 7.47. The largest absolute Gasteiger partial charge is 0.465 e. The van der Waals surface area contributed by atoms with Crippen LogP contribution in [0.5, 0.6) is 0 Å². The topological polar surface area (TPSA) is 69.0 Å². The van der Waals surface area contributed by atoms with Gasteiger partial charge in [0.1, 0.15) is 5.82 Å². The van der Waals surface area contributed by atoms with E-state index in [2.05, 4.69) is 22.3 Å². The molecule has 0 radical (unpaired) electrons. The Morgan fingerprint density at radius 2 is 2.14 bits per heavy atom. The van der Waals surface area contributed by atoms with Crippen molar-refractivity contribution < 1.29 is 9.53 Å². The average Bonchev–Trinajstić information content (AvgIpc) is 2.79. The van der Waals surface area contributed by atoms with Crippen LogP contribution in [0.1, 0.15) is 27.3 Å². The normalized spacial score (nSPS) is 10.5. The van der Waals surface area contributed by atoms with E-state index in [0.29, 0.717) is 11.3 Å². The fourth-order valence-corrected chi connectivity index (χ4v) is 2.10. The summed E-state index contributed by atoms with van der Waals surface area (Å²) in [5.41, 5.74) is 3.53. The number of hydrogen-bond donors (Lipinski definition) is 1. The molecule has 6 heteroatoms. The smallest absolute Gasteiger partial charge is 0.339 e. The Morgan fingerprint density at radius 3 is 2.71 bits per heavy atom. The predicted molar refractivity (Wildman–Crippen MR) is 80.5 cm³/mol. The van der Waals surface area contributed by atoms with E-state index in [0.717, 1.165) is 18.8 Å². The Hall–Kier alpha value is -2.37. The van der Waals surface area contributed by atoms with Crippen molar-refractivity contribution in [3.05, 3.63) is 40.8 Å². The lowest BCUT2D eigenvalue weighted by molar-refractivity contribution is 0.0599. The van der Waals surface area contributed by atoms with Crippen molar-refractivity contribution in [1.82, 2.24) is 14.8 Å². The summed E-state index contributed by atoms with van der Waals surface area (Å²) in [4.78, 5) is 15.9. The van der Waals surface area contributed by atoms with Crippen LogP contribution >= 0.6 is 0 Å². The number of aryl methyl sites for hydroxylation is 2. The van der Waals surface area contributed by atoms with Crippen molar-refractivity contribution in [3.63, 3.8) is 0 Å². The molecule has 0 saturated carbocycles. The number of pyridine rings is 1. The van der Waals surface area contributed by atoms with Crippen molar-refractivity contribution in [2.24, 2.45) is 7.05 Å². The first-order valence-corrected chi connectivity index (χ1v) is 6.80. The van der Waals surface area contributed by atoms with Crippen molar-refractivity contribution >= 4 is 11.8 Å². The molecule has 6 nitrogen and oxygen atoms in total. The number of anilines is 1. The number of nitrogens with one attached hydrogen (secondary N) is 1. The molecule has 0 spiro atoms. The van der Waals surface area contributed by atoms with Gasteiger partial charge in [-0.1, -0.05) is 0 Å². The monoisotopic (exact) mass is 288 g/mol. The molecular weight excluding hydrogens is 268 g/mol. The SMILES string of the molecule is COC(=O)c1ccc(NCCc2cnn(C)c2C)nc1C. The summed E-state index contributed by atoms with van der Waals surface area (Å²) in [6.45, 7) is 4.61. The number of carbonyl (C=O) groups excluding carboxylic acids is 1. The van der Waals surface area contributed by atoms with Crippen LogP contribution in [0.25, 0.3) is 0 Å². The van der Waals surface area contributed by atoms with E-state index in [1.54, 1.807) is 19.1 Å². The molecule has 21 heavy (non-hydrogen) atoms. The van der Waals surface area contributed by atoms with Crippen LogP contribution in [0.4, 0.5) is 5.82 Å². The molecule has 0 saturated heterocycles. The van der Waals surface area contributed by atoms with E-state index < -0.39 is 0 Å². The molecule has 0 unspecified atom stereocenters. The molecule has 2 aromatic rings. The number of rotatable bonds is 5. The van der Waals surface area contributed by atoms with Gasteiger partial charge in [-0.2, -0.15) is 5.10 Å². The van der Waals surface area contributed by atoms with Crippen molar-refractivity contribution in [2.75, 3.05) is 19.0 Å². The highest BCUT2D eigenvalue weighted by atomic mass is 16.5. The standard InChI is InChI=1S/C15H20N4O2/c1-10-13(15(20)21-4)5-6-14(18-10)16-8-7-12-9-17-19(3)11(12)2/h5-6,9H,7-8H2,1-4H3,(H,16,18). The van der Waals surface area contributed by atoms with Gasteiger partial charge in [-0.3, -0.25) is 4.68 Å². The molecule has 2 heterocycles. The zero-order valence-electron chi connectivity index (χ0n) is 12.8. The van der Waals surface area contributed by atoms with Gasteiger partial charge in [-0.05, 0) is 38.0 Å².